The highest BCUT2D eigenvalue weighted by atomic mass is 16.5. The zero-order valence-electron chi connectivity index (χ0n) is 21.0. The molecule has 0 aromatic rings. The van der Waals surface area contributed by atoms with Crippen LogP contribution in [0.2, 0.25) is 0 Å². The van der Waals surface area contributed by atoms with Crippen molar-refractivity contribution in [1.82, 2.24) is 0 Å². The van der Waals surface area contributed by atoms with Gasteiger partial charge < -0.3 is 9.47 Å². The molecule has 0 aliphatic heterocycles. The highest BCUT2D eigenvalue weighted by Crippen LogP contribution is 2.42. The summed E-state index contributed by atoms with van der Waals surface area (Å²) < 4.78 is 10.3. The lowest BCUT2D eigenvalue weighted by Crippen LogP contribution is -2.35. The number of rotatable bonds is 6. The molecule has 0 unspecified atom stereocenters. The number of carbonyl (C=O) groups is 2. The van der Waals surface area contributed by atoms with Crippen molar-refractivity contribution in [2.45, 2.75) is 107 Å². The fraction of sp³-hybridized carbons (Fsp3) is 0.923. The Kier molecular flexibility index (Phi) is 10.9. The Morgan fingerprint density at radius 1 is 0.700 bits per heavy atom. The van der Waals surface area contributed by atoms with Crippen LogP contribution in [0.1, 0.15) is 107 Å². The lowest BCUT2D eigenvalue weighted by atomic mass is 9.69. The standard InChI is InChI=1S/2C13H24O2/c2*1-5-15-12(14)13(4)8-6-11(7-9-13)10(2)3/h2*10-11H,5-9H2,1-4H3. The molecule has 0 aromatic heterocycles. The molecule has 30 heavy (non-hydrogen) atoms. The predicted octanol–water partition coefficient (Wildman–Crippen LogP) is 6.80. The van der Waals surface area contributed by atoms with Gasteiger partial charge in [-0.1, -0.05) is 27.7 Å². The van der Waals surface area contributed by atoms with Crippen molar-refractivity contribution < 1.29 is 19.1 Å². The first-order valence-corrected chi connectivity index (χ1v) is 12.3. The summed E-state index contributed by atoms with van der Waals surface area (Å²) >= 11 is 0. The zero-order chi connectivity index (χ0) is 22.9. The van der Waals surface area contributed by atoms with E-state index in [1.165, 1.54) is 25.7 Å². The molecule has 4 heteroatoms. The van der Waals surface area contributed by atoms with E-state index in [9.17, 15) is 9.59 Å². The fourth-order valence-corrected chi connectivity index (χ4v) is 4.91. The van der Waals surface area contributed by atoms with Gasteiger partial charge in [0.15, 0.2) is 0 Å². The van der Waals surface area contributed by atoms with Crippen LogP contribution in [0.4, 0.5) is 0 Å². The molecule has 2 fully saturated rings. The van der Waals surface area contributed by atoms with Crippen molar-refractivity contribution in [2.75, 3.05) is 13.2 Å². The van der Waals surface area contributed by atoms with Crippen molar-refractivity contribution in [3.63, 3.8) is 0 Å². The predicted molar refractivity (Wildman–Crippen MR) is 123 cm³/mol. The van der Waals surface area contributed by atoms with E-state index in [4.69, 9.17) is 9.47 Å². The molecule has 0 heterocycles. The van der Waals surface area contributed by atoms with Crippen LogP contribution in [0.15, 0.2) is 0 Å². The third-order valence-corrected chi connectivity index (χ3v) is 7.69. The second-order valence-corrected chi connectivity index (χ2v) is 10.7. The molecule has 0 atom stereocenters. The number of carbonyl (C=O) groups excluding carboxylic acids is 2. The SMILES string of the molecule is CCOC(=O)C1(C)CCC(C(C)C)CC1.CCOC(=O)C1(C)CCC(C(C)C)CC1. The lowest BCUT2D eigenvalue weighted by Gasteiger charge is -2.36. The van der Waals surface area contributed by atoms with E-state index in [0.717, 1.165) is 49.4 Å². The molecular weight excluding hydrogens is 376 g/mol. The molecule has 0 amide bonds. The normalized spacial score (nSPS) is 31.7. The topological polar surface area (TPSA) is 52.6 Å². The second kappa shape index (κ2) is 12.1. The van der Waals surface area contributed by atoms with E-state index in [-0.39, 0.29) is 22.8 Å². The summed E-state index contributed by atoms with van der Waals surface area (Å²) in [6.07, 6.45) is 8.67. The van der Waals surface area contributed by atoms with Gasteiger partial charge in [0.05, 0.1) is 24.0 Å². The zero-order valence-corrected chi connectivity index (χ0v) is 21.0. The van der Waals surface area contributed by atoms with Crippen molar-refractivity contribution in [1.29, 1.82) is 0 Å². The van der Waals surface area contributed by atoms with E-state index < -0.39 is 0 Å². The Hall–Kier alpha value is -1.06. The maximum absolute atomic E-state index is 11.8. The van der Waals surface area contributed by atoms with Crippen LogP contribution in [-0.2, 0) is 19.1 Å². The Labute approximate surface area is 185 Å². The Balaban J connectivity index is 0.000000300. The summed E-state index contributed by atoms with van der Waals surface area (Å²) in [6.45, 7) is 18.0. The van der Waals surface area contributed by atoms with Gasteiger partial charge in [0.2, 0.25) is 0 Å². The van der Waals surface area contributed by atoms with Crippen molar-refractivity contribution in [3.05, 3.63) is 0 Å². The molecule has 2 aliphatic rings. The Morgan fingerprint density at radius 2 is 0.967 bits per heavy atom. The van der Waals surface area contributed by atoms with Crippen LogP contribution in [0.25, 0.3) is 0 Å². The number of hydrogen-bond acceptors (Lipinski definition) is 4. The summed E-state index contributed by atoms with van der Waals surface area (Å²) in [4.78, 5) is 23.5. The van der Waals surface area contributed by atoms with Gasteiger partial charge in [0, 0.05) is 0 Å². The van der Waals surface area contributed by atoms with Crippen LogP contribution >= 0.6 is 0 Å². The first-order valence-electron chi connectivity index (χ1n) is 12.3. The molecule has 0 radical (unpaired) electrons. The van der Waals surface area contributed by atoms with Gasteiger partial charge in [-0.05, 0) is 103 Å². The number of ether oxygens (including phenoxy) is 2. The fourth-order valence-electron chi connectivity index (χ4n) is 4.91. The molecule has 176 valence electrons. The van der Waals surface area contributed by atoms with Gasteiger partial charge in [-0.25, -0.2) is 0 Å². The molecule has 2 rings (SSSR count). The molecule has 0 N–H and O–H groups in total. The van der Waals surface area contributed by atoms with Gasteiger partial charge >= 0.3 is 11.9 Å². The van der Waals surface area contributed by atoms with Crippen LogP contribution in [-0.4, -0.2) is 25.2 Å². The van der Waals surface area contributed by atoms with Crippen molar-refractivity contribution >= 4 is 11.9 Å². The molecule has 4 nitrogen and oxygen atoms in total. The Bertz CT molecular complexity index is 473. The molecular formula is C26H48O4. The summed E-state index contributed by atoms with van der Waals surface area (Å²) in [5.74, 6) is 3.10. The van der Waals surface area contributed by atoms with Crippen LogP contribution in [0.5, 0.6) is 0 Å². The van der Waals surface area contributed by atoms with Gasteiger partial charge in [-0.15, -0.1) is 0 Å². The maximum atomic E-state index is 11.8. The van der Waals surface area contributed by atoms with E-state index in [0.29, 0.717) is 13.2 Å². The summed E-state index contributed by atoms with van der Waals surface area (Å²) in [7, 11) is 0. The average molecular weight is 425 g/mol. The molecule has 2 saturated carbocycles. The molecule has 0 spiro atoms. The van der Waals surface area contributed by atoms with Gasteiger partial charge in [0.1, 0.15) is 0 Å². The molecule has 0 saturated heterocycles. The first kappa shape index (κ1) is 27.0. The minimum Gasteiger partial charge on any atom is -0.466 e. The van der Waals surface area contributed by atoms with Crippen molar-refractivity contribution in [2.24, 2.45) is 34.5 Å². The number of esters is 2. The molecule has 0 aromatic carbocycles. The van der Waals surface area contributed by atoms with E-state index in [2.05, 4.69) is 41.5 Å². The number of hydrogen-bond donors (Lipinski definition) is 0. The minimum absolute atomic E-state index is 0.00667. The van der Waals surface area contributed by atoms with Crippen LogP contribution in [0.3, 0.4) is 0 Å². The van der Waals surface area contributed by atoms with Crippen molar-refractivity contribution in [3.8, 4) is 0 Å². The molecule has 0 bridgehead atoms. The second-order valence-electron chi connectivity index (χ2n) is 10.7. The van der Waals surface area contributed by atoms with Gasteiger partial charge in [-0.3, -0.25) is 9.59 Å². The van der Waals surface area contributed by atoms with Gasteiger partial charge in [-0.2, -0.15) is 0 Å². The lowest BCUT2D eigenvalue weighted by molar-refractivity contribution is -0.157. The van der Waals surface area contributed by atoms with Crippen LogP contribution in [0, 0.1) is 34.5 Å². The Morgan fingerprint density at radius 3 is 1.17 bits per heavy atom. The highest BCUT2D eigenvalue weighted by Gasteiger charge is 2.40. The van der Waals surface area contributed by atoms with Gasteiger partial charge in [0.25, 0.3) is 0 Å². The smallest absolute Gasteiger partial charge is 0.311 e. The third kappa shape index (κ3) is 7.57. The van der Waals surface area contributed by atoms with Crippen LogP contribution < -0.4 is 0 Å². The largest absolute Gasteiger partial charge is 0.466 e. The maximum Gasteiger partial charge on any atom is 0.311 e. The van der Waals surface area contributed by atoms with E-state index in [1.807, 2.05) is 13.8 Å². The van der Waals surface area contributed by atoms with E-state index in [1.54, 1.807) is 0 Å². The monoisotopic (exact) mass is 424 g/mol. The average Bonchev–Trinajstić information content (AvgIpc) is 2.69. The molecule has 2 aliphatic carbocycles. The van der Waals surface area contributed by atoms with E-state index >= 15 is 0 Å². The third-order valence-electron chi connectivity index (χ3n) is 7.69. The summed E-state index contributed by atoms with van der Waals surface area (Å²) in [5, 5.41) is 0. The first-order chi connectivity index (χ1) is 14.0. The summed E-state index contributed by atoms with van der Waals surface area (Å²) in [6, 6.07) is 0. The minimum atomic E-state index is -0.207. The summed E-state index contributed by atoms with van der Waals surface area (Å²) in [5.41, 5.74) is -0.414. The highest BCUT2D eigenvalue weighted by molar-refractivity contribution is 5.76. The quantitative estimate of drug-likeness (QED) is 0.440.